The second kappa shape index (κ2) is 8.71. The van der Waals surface area contributed by atoms with Gasteiger partial charge in [-0.2, -0.15) is 0 Å². The molecule has 3 atom stereocenters. The fraction of sp³-hybridized carbons (Fsp3) is 0.455. The van der Waals surface area contributed by atoms with Gasteiger partial charge >= 0.3 is 0 Å². The van der Waals surface area contributed by atoms with Crippen molar-refractivity contribution in [2.75, 3.05) is 41.7 Å². The molecule has 0 heterocycles. The van der Waals surface area contributed by atoms with Crippen molar-refractivity contribution in [3.63, 3.8) is 0 Å². The molecule has 28 heavy (non-hydrogen) atoms. The zero-order valence-electron chi connectivity index (χ0n) is 16.8. The van der Waals surface area contributed by atoms with Gasteiger partial charge in [0.1, 0.15) is 0 Å². The molecule has 2 aromatic rings. The molecule has 1 unspecified atom stereocenters. The second-order valence-corrected chi connectivity index (χ2v) is 6.99. The molecule has 0 saturated carbocycles. The van der Waals surface area contributed by atoms with E-state index in [0.29, 0.717) is 29.4 Å². The van der Waals surface area contributed by atoms with E-state index in [1.807, 2.05) is 30.3 Å². The van der Waals surface area contributed by atoms with E-state index in [1.165, 1.54) is 0 Å². The van der Waals surface area contributed by atoms with Crippen LogP contribution in [0.4, 0.5) is 0 Å². The molecule has 1 aliphatic carbocycles. The van der Waals surface area contributed by atoms with Crippen LogP contribution in [0.3, 0.4) is 0 Å². The van der Waals surface area contributed by atoms with E-state index in [0.717, 1.165) is 16.7 Å². The van der Waals surface area contributed by atoms with Crippen LogP contribution in [0, 0.1) is 11.8 Å². The molecular weight excluding hydrogens is 360 g/mol. The number of hydrogen-bond acceptors (Lipinski definition) is 6. The van der Waals surface area contributed by atoms with Crippen LogP contribution in [-0.4, -0.2) is 51.9 Å². The van der Waals surface area contributed by atoms with Crippen molar-refractivity contribution in [3.8, 4) is 23.0 Å². The van der Waals surface area contributed by atoms with E-state index >= 15 is 0 Å². The standard InChI is InChI=1S/C22H28O6/c1-25-18-6-5-13(8-19(18)26-2)22-16-10-21(28-4)20(27-3)9-14(16)7-15(11-23)17(22)12-24/h5-6,8-10,15,17,22-24H,7,11-12H2,1-4H3/t15-,17-,22?/m0/s1. The highest BCUT2D eigenvalue weighted by molar-refractivity contribution is 5.54. The Morgan fingerprint density at radius 3 is 1.96 bits per heavy atom. The Bertz CT molecular complexity index is 819. The lowest BCUT2D eigenvalue weighted by Crippen LogP contribution is -2.35. The van der Waals surface area contributed by atoms with E-state index in [1.54, 1.807) is 28.4 Å². The molecule has 0 amide bonds. The highest BCUT2D eigenvalue weighted by atomic mass is 16.5. The Morgan fingerprint density at radius 2 is 1.39 bits per heavy atom. The van der Waals surface area contributed by atoms with Crippen LogP contribution in [0.15, 0.2) is 30.3 Å². The SMILES string of the molecule is COc1ccc(C2c3cc(OC)c(OC)cc3C[C@@H](CO)[C@@H]2CO)cc1OC. The third kappa shape index (κ3) is 3.50. The minimum Gasteiger partial charge on any atom is -0.493 e. The highest BCUT2D eigenvalue weighted by Gasteiger charge is 2.38. The molecule has 1 aliphatic rings. The lowest BCUT2D eigenvalue weighted by molar-refractivity contribution is 0.101. The fourth-order valence-electron chi connectivity index (χ4n) is 4.27. The van der Waals surface area contributed by atoms with Gasteiger partial charge in [0.05, 0.1) is 28.4 Å². The number of aliphatic hydroxyl groups excluding tert-OH is 2. The molecule has 0 spiro atoms. The lowest BCUT2D eigenvalue weighted by Gasteiger charge is -2.39. The van der Waals surface area contributed by atoms with E-state index in [2.05, 4.69) is 0 Å². The summed E-state index contributed by atoms with van der Waals surface area (Å²) in [7, 11) is 6.42. The van der Waals surface area contributed by atoms with Crippen LogP contribution in [0.5, 0.6) is 23.0 Å². The summed E-state index contributed by atoms with van der Waals surface area (Å²) < 4.78 is 21.8. The summed E-state index contributed by atoms with van der Waals surface area (Å²) >= 11 is 0. The molecule has 3 rings (SSSR count). The zero-order valence-corrected chi connectivity index (χ0v) is 16.8. The van der Waals surface area contributed by atoms with Crippen LogP contribution in [0.25, 0.3) is 0 Å². The van der Waals surface area contributed by atoms with Gasteiger partial charge in [0.2, 0.25) is 0 Å². The van der Waals surface area contributed by atoms with Crippen LogP contribution in [0.1, 0.15) is 22.6 Å². The van der Waals surface area contributed by atoms with Crippen LogP contribution in [0.2, 0.25) is 0 Å². The molecule has 2 aromatic carbocycles. The van der Waals surface area contributed by atoms with Crippen molar-refractivity contribution in [1.29, 1.82) is 0 Å². The summed E-state index contributed by atoms with van der Waals surface area (Å²) in [5.41, 5.74) is 3.14. The Labute approximate surface area is 165 Å². The summed E-state index contributed by atoms with van der Waals surface area (Å²) in [4.78, 5) is 0. The zero-order chi connectivity index (χ0) is 20.3. The van der Waals surface area contributed by atoms with Crippen LogP contribution >= 0.6 is 0 Å². The molecule has 152 valence electrons. The predicted octanol–water partition coefficient (Wildman–Crippen LogP) is 2.63. The molecule has 0 aromatic heterocycles. The lowest BCUT2D eigenvalue weighted by atomic mass is 9.67. The van der Waals surface area contributed by atoms with E-state index in [4.69, 9.17) is 18.9 Å². The first kappa shape index (κ1) is 20.3. The number of methoxy groups -OCH3 is 4. The molecule has 0 radical (unpaired) electrons. The molecule has 6 nitrogen and oxygen atoms in total. The Hall–Kier alpha value is -2.44. The number of rotatable bonds is 7. The number of aliphatic hydroxyl groups is 2. The van der Waals surface area contributed by atoms with Crippen molar-refractivity contribution in [2.24, 2.45) is 11.8 Å². The minimum atomic E-state index is -0.131. The van der Waals surface area contributed by atoms with Crippen LogP contribution < -0.4 is 18.9 Å². The molecule has 6 heteroatoms. The van der Waals surface area contributed by atoms with Crippen LogP contribution in [-0.2, 0) is 6.42 Å². The van der Waals surface area contributed by atoms with E-state index in [9.17, 15) is 10.2 Å². The molecular formula is C22H28O6. The Kier molecular flexibility index (Phi) is 6.31. The third-order valence-electron chi connectivity index (χ3n) is 5.71. The largest absolute Gasteiger partial charge is 0.493 e. The average molecular weight is 388 g/mol. The van der Waals surface area contributed by atoms with Gasteiger partial charge < -0.3 is 29.2 Å². The molecule has 0 fully saturated rings. The van der Waals surface area contributed by atoms with Crippen molar-refractivity contribution in [1.82, 2.24) is 0 Å². The fourth-order valence-corrected chi connectivity index (χ4v) is 4.27. The number of ether oxygens (including phenoxy) is 4. The van der Waals surface area contributed by atoms with Gasteiger partial charge in [-0.15, -0.1) is 0 Å². The maximum atomic E-state index is 10.2. The molecule has 0 saturated heterocycles. The summed E-state index contributed by atoms with van der Waals surface area (Å²) in [6, 6.07) is 9.73. The second-order valence-electron chi connectivity index (χ2n) is 6.99. The summed E-state index contributed by atoms with van der Waals surface area (Å²) in [5, 5.41) is 20.2. The van der Waals surface area contributed by atoms with Gasteiger partial charge in [-0.3, -0.25) is 0 Å². The van der Waals surface area contributed by atoms with Crippen molar-refractivity contribution in [2.45, 2.75) is 12.3 Å². The normalized spacial score (nSPS) is 21.0. The van der Waals surface area contributed by atoms with Gasteiger partial charge in [0, 0.05) is 19.1 Å². The van der Waals surface area contributed by atoms with Gasteiger partial charge in [0.25, 0.3) is 0 Å². The number of benzene rings is 2. The number of hydrogen-bond donors (Lipinski definition) is 2. The first-order chi connectivity index (χ1) is 13.6. The summed E-state index contributed by atoms with van der Waals surface area (Å²) in [6.07, 6.45) is 0.668. The van der Waals surface area contributed by atoms with Gasteiger partial charge in [0.15, 0.2) is 23.0 Å². The maximum absolute atomic E-state index is 10.2. The first-order valence-corrected chi connectivity index (χ1v) is 9.30. The third-order valence-corrected chi connectivity index (χ3v) is 5.71. The van der Waals surface area contributed by atoms with E-state index < -0.39 is 0 Å². The topological polar surface area (TPSA) is 77.4 Å². The van der Waals surface area contributed by atoms with Gasteiger partial charge in [-0.25, -0.2) is 0 Å². The monoisotopic (exact) mass is 388 g/mol. The molecule has 2 N–H and O–H groups in total. The van der Waals surface area contributed by atoms with Crippen molar-refractivity contribution >= 4 is 0 Å². The average Bonchev–Trinajstić information content (AvgIpc) is 2.75. The Morgan fingerprint density at radius 1 is 0.786 bits per heavy atom. The van der Waals surface area contributed by atoms with Crippen molar-refractivity contribution in [3.05, 3.63) is 47.0 Å². The minimum absolute atomic E-state index is 0.00278. The first-order valence-electron chi connectivity index (χ1n) is 9.30. The quantitative estimate of drug-likeness (QED) is 0.759. The summed E-state index contributed by atoms with van der Waals surface area (Å²) in [6.45, 7) is -0.0270. The maximum Gasteiger partial charge on any atom is 0.161 e. The number of fused-ring (bicyclic) bond motifs is 1. The molecule has 0 aliphatic heterocycles. The van der Waals surface area contributed by atoms with Gasteiger partial charge in [-0.1, -0.05) is 6.07 Å². The predicted molar refractivity (Wildman–Crippen MR) is 106 cm³/mol. The Balaban J connectivity index is 2.20. The molecule has 0 bridgehead atoms. The summed E-state index contributed by atoms with van der Waals surface area (Å²) in [5.74, 6) is 2.27. The van der Waals surface area contributed by atoms with Crippen molar-refractivity contribution < 1.29 is 29.2 Å². The van der Waals surface area contributed by atoms with E-state index in [-0.39, 0.29) is 31.0 Å². The highest BCUT2D eigenvalue weighted by Crippen LogP contribution is 2.48. The smallest absolute Gasteiger partial charge is 0.161 e. The van der Waals surface area contributed by atoms with Gasteiger partial charge in [-0.05, 0) is 59.2 Å².